The third kappa shape index (κ3) is 1.62. The maximum absolute atomic E-state index is 5.60. The Morgan fingerprint density at radius 2 is 2.11 bits per heavy atom. The molecule has 0 aliphatic carbocycles. The first-order valence-corrected chi connectivity index (χ1v) is 5.92. The van der Waals surface area contributed by atoms with Crippen molar-refractivity contribution >= 4 is 11.0 Å². The Balaban J connectivity index is 2.15. The fraction of sp³-hybridized carbons (Fsp3) is 0.214. The standard InChI is InChI=1S/C14H15N3O/c1-15-14(12-7-8-16-17(12)2)11-9-18-13-6-4-3-5-10(11)13/h3-9,14-15H,1-2H3. The molecule has 0 saturated carbocycles. The molecule has 0 bridgehead atoms. The van der Waals surface area contributed by atoms with Crippen LogP contribution >= 0.6 is 0 Å². The van der Waals surface area contributed by atoms with Gasteiger partial charge in [0, 0.05) is 24.2 Å². The van der Waals surface area contributed by atoms with Crippen molar-refractivity contribution in [1.82, 2.24) is 15.1 Å². The van der Waals surface area contributed by atoms with Crippen LogP contribution < -0.4 is 5.32 Å². The van der Waals surface area contributed by atoms with Crippen LogP contribution in [0.15, 0.2) is 47.2 Å². The Morgan fingerprint density at radius 3 is 2.83 bits per heavy atom. The number of aryl methyl sites for hydroxylation is 1. The quantitative estimate of drug-likeness (QED) is 0.766. The Morgan fingerprint density at radius 1 is 1.28 bits per heavy atom. The van der Waals surface area contributed by atoms with Crippen LogP contribution in [0.1, 0.15) is 17.3 Å². The molecule has 2 heterocycles. The minimum atomic E-state index is 0.0844. The minimum absolute atomic E-state index is 0.0844. The normalized spacial score (nSPS) is 13.0. The van der Waals surface area contributed by atoms with Crippen molar-refractivity contribution in [3.05, 3.63) is 54.0 Å². The molecule has 1 unspecified atom stereocenters. The highest BCUT2D eigenvalue weighted by atomic mass is 16.3. The Labute approximate surface area is 105 Å². The summed E-state index contributed by atoms with van der Waals surface area (Å²) in [5, 5.41) is 8.68. The highest BCUT2D eigenvalue weighted by molar-refractivity contribution is 5.81. The summed E-state index contributed by atoms with van der Waals surface area (Å²) in [6, 6.07) is 10.2. The van der Waals surface area contributed by atoms with E-state index in [-0.39, 0.29) is 6.04 Å². The maximum atomic E-state index is 5.60. The highest BCUT2D eigenvalue weighted by Gasteiger charge is 2.19. The molecular weight excluding hydrogens is 226 g/mol. The number of nitrogens with one attached hydrogen (secondary N) is 1. The summed E-state index contributed by atoms with van der Waals surface area (Å²) >= 11 is 0. The van der Waals surface area contributed by atoms with Crippen molar-refractivity contribution in [3.63, 3.8) is 0 Å². The molecule has 4 nitrogen and oxygen atoms in total. The monoisotopic (exact) mass is 241 g/mol. The van der Waals surface area contributed by atoms with Gasteiger partial charge in [-0.05, 0) is 19.2 Å². The smallest absolute Gasteiger partial charge is 0.134 e. The Bertz CT molecular complexity index is 668. The van der Waals surface area contributed by atoms with Crippen LogP contribution in [0.2, 0.25) is 0 Å². The molecule has 92 valence electrons. The van der Waals surface area contributed by atoms with E-state index in [0.717, 1.165) is 22.2 Å². The van der Waals surface area contributed by atoms with Crippen molar-refractivity contribution < 1.29 is 4.42 Å². The van der Waals surface area contributed by atoms with Gasteiger partial charge in [0.2, 0.25) is 0 Å². The van der Waals surface area contributed by atoms with E-state index in [1.165, 1.54) is 0 Å². The van der Waals surface area contributed by atoms with Gasteiger partial charge in [-0.1, -0.05) is 18.2 Å². The van der Waals surface area contributed by atoms with Gasteiger partial charge < -0.3 is 9.73 Å². The topological polar surface area (TPSA) is 43.0 Å². The second kappa shape index (κ2) is 4.31. The number of hydrogen-bond donors (Lipinski definition) is 1. The van der Waals surface area contributed by atoms with Crippen molar-refractivity contribution in [3.8, 4) is 0 Å². The number of furan rings is 1. The molecule has 0 saturated heterocycles. The molecule has 3 rings (SSSR count). The van der Waals surface area contributed by atoms with E-state index in [2.05, 4.69) is 16.5 Å². The van der Waals surface area contributed by atoms with Gasteiger partial charge in [0.25, 0.3) is 0 Å². The Kier molecular flexibility index (Phi) is 2.64. The van der Waals surface area contributed by atoms with Gasteiger partial charge in [-0.2, -0.15) is 5.10 Å². The number of rotatable bonds is 3. The molecule has 3 aromatic rings. The van der Waals surface area contributed by atoms with E-state index < -0.39 is 0 Å². The van der Waals surface area contributed by atoms with Gasteiger partial charge in [0.05, 0.1) is 18.0 Å². The van der Waals surface area contributed by atoms with Crippen molar-refractivity contribution in [1.29, 1.82) is 0 Å². The SMILES string of the molecule is CNC(c1coc2ccccc12)c1ccnn1C. The number of aromatic nitrogens is 2. The summed E-state index contributed by atoms with van der Waals surface area (Å²) in [6.45, 7) is 0. The van der Waals surface area contributed by atoms with Crippen LogP contribution in [-0.2, 0) is 7.05 Å². The molecule has 1 atom stereocenters. The fourth-order valence-corrected chi connectivity index (χ4v) is 2.35. The molecule has 1 N–H and O–H groups in total. The predicted molar refractivity (Wildman–Crippen MR) is 70.3 cm³/mol. The van der Waals surface area contributed by atoms with E-state index in [1.807, 2.05) is 55.5 Å². The average Bonchev–Trinajstić information content (AvgIpc) is 2.99. The van der Waals surface area contributed by atoms with E-state index >= 15 is 0 Å². The van der Waals surface area contributed by atoms with Crippen LogP contribution in [0, 0.1) is 0 Å². The molecule has 0 radical (unpaired) electrons. The van der Waals surface area contributed by atoms with Crippen LogP contribution in [0.5, 0.6) is 0 Å². The molecular formula is C14H15N3O. The summed E-state index contributed by atoms with van der Waals surface area (Å²) in [7, 11) is 3.89. The van der Waals surface area contributed by atoms with E-state index in [9.17, 15) is 0 Å². The van der Waals surface area contributed by atoms with Gasteiger partial charge in [-0.15, -0.1) is 0 Å². The van der Waals surface area contributed by atoms with Crippen molar-refractivity contribution in [2.75, 3.05) is 7.05 Å². The number of benzene rings is 1. The largest absolute Gasteiger partial charge is 0.464 e. The summed E-state index contributed by atoms with van der Waals surface area (Å²) in [4.78, 5) is 0. The number of fused-ring (bicyclic) bond motifs is 1. The summed E-state index contributed by atoms with van der Waals surface area (Å²) < 4.78 is 7.48. The van der Waals surface area contributed by atoms with Crippen molar-refractivity contribution in [2.45, 2.75) is 6.04 Å². The molecule has 0 fully saturated rings. The average molecular weight is 241 g/mol. The number of para-hydroxylation sites is 1. The van der Waals surface area contributed by atoms with Crippen LogP contribution in [0.3, 0.4) is 0 Å². The second-order valence-electron chi connectivity index (χ2n) is 4.29. The van der Waals surface area contributed by atoms with Gasteiger partial charge in [0.15, 0.2) is 0 Å². The molecule has 0 aliphatic heterocycles. The summed E-state index contributed by atoms with van der Waals surface area (Å²) in [6.07, 6.45) is 3.63. The number of nitrogens with zero attached hydrogens (tertiary/aromatic N) is 2. The fourth-order valence-electron chi connectivity index (χ4n) is 2.35. The first-order valence-electron chi connectivity index (χ1n) is 5.92. The van der Waals surface area contributed by atoms with Crippen molar-refractivity contribution in [2.24, 2.45) is 7.05 Å². The zero-order chi connectivity index (χ0) is 12.5. The molecule has 2 aromatic heterocycles. The lowest BCUT2D eigenvalue weighted by Crippen LogP contribution is -2.20. The van der Waals surface area contributed by atoms with Crippen LogP contribution in [0.4, 0.5) is 0 Å². The summed E-state index contributed by atoms with van der Waals surface area (Å²) in [5.74, 6) is 0. The first-order chi connectivity index (χ1) is 8.81. The van der Waals surface area contributed by atoms with Gasteiger partial charge in [-0.25, -0.2) is 0 Å². The van der Waals surface area contributed by atoms with Crippen LogP contribution in [-0.4, -0.2) is 16.8 Å². The van der Waals surface area contributed by atoms with Gasteiger partial charge >= 0.3 is 0 Å². The third-order valence-corrected chi connectivity index (χ3v) is 3.27. The lowest BCUT2D eigenvalue weighted by Gasteiger charge is -2.15. The zero-order valence-electron chi connectivity index (χ0n) is 10.4. The minimum Gasteiger partial charge on any atom is -0.464 e. The van der Waals surface area contributed by atoms with Gasteiger partial charge in [-0.3, -0.25) is 4.68 Å². The van der Waals surface area contributed by atoms with Gasteiger partial charge in [0.1, 0.15) is 5.58 Å². The molecule has 4 heteroatoms. The predicted octanol–water partition coefficient (Wildman–Crippen LogP) is 2.48. The first kappa shape index (κ1) is 11.0. The zero-order valence-corrected chi connectivity index (χ0v) is 10.4. The lowest BCUT2D eigenvalue weighted by molar-refractivity contribution is 0.577. The van der Waals surface area contributed by atoms with E-state index in [0.29, 0.717) is 0 Å². The number of hydrogen-bond acceptors (Lipinski definition) is 3. The molecule has 1 aromatic carbocycles. The highest BCUT2D eigenvalue weighted by Crippen LogP contribution is 2.29. The molecule has 0 spiro atoms. The van der Waals surface area contributed by atoms with E-state index in [1.54, 1.807) is 0 Å². The molecule has 0 amide bonds. The molecule has 0 aliphatic rings. The maximum Gasteiger partial charge on any atom is 0.134 e. The lowest BCUT2D eigenvalue weighted by atomic mass is 10.0. The Hall–Kier alpha value is -2.07. The second-order valence-corrected chi connectivity index (χ2v) is 4.29. The van der Waals surface area contributed by atoms with E-state index in [4.69, 9.17) is 4.42 Å². The summed E-state index contributed by atoms with van der Waals surface area (Å²) in [5.41, 5.74) is 3.16. The molecule has 18 heavy (non-hydrogen) atoms. The van der Waals surface area contributed by atoms with Crippen LogP contribution in [0.25, 0.3) is 11.0 Å². The third-order valence-electron chi connectivity index (χ3n) is 3.27.